The van der Waals surface area contributed by atoms with Crippen LogP contribution in [0.5, 0.6) is 0 Å². The Kier molecular flexibility index (Phi) is 5.02. The second-order valence-corrected chi connectivity index (χ2v) is 5.92. The van der Waals surface area contributed by atoms with Gasteiger partial charge in [-0.25, -0.2) is 4.39 Å². The van der Waals surface area contributed by atoms with Gasteiger partial charge in [0.1, 0.15) is 5.82 Å². The van der Waals surface area contributed by atoms with E-state index in [9.17, 15) is 4.39 Å². The molecule has 2 unspecified atom stereocenters. The fraction of sp³-hybridized carbons (Fsp3) is 0.600. The zero-order valence-corrected chi connectivity index (χ0v) is 11.6. The van der Waals surface area contributed by atoms with Gasteiger partial charge in [-0.15, -0.1) is 0 Å². The number of rotatable bonds is 4. The predicted molar refractivity (Wildman–Crippen MR) is 74.2 cm³/mol. The van der Waals surface area contributed by atoms with E-state index >= 15 is 0 Å². The van der Waals surface area contributed by atoms with Crippen molar-refractivity contribution >= 4 is 11.6 Å². The highest BCUT2D eigenvalue weighted by Crippen LogP contribution is 2.28. The van der Waals surface area contributed by atoms with Crippen LogP contribution >= 0.6 is 11.6 Å². The molecule has 1 N–H and O–H groups in total. The molecule has 1 aromatic rings. The number of hydrogen-bond acceptors (Lipinski definition) is 1. The summed E-state index contributed by atoms with van der Waals surface area (Å²) >= 11 is 5.76. The van der Waals surface area contributed by atoms with Crippen LogP contribution in [0, 0.1) is 17.7 Å². The first-order valence-electron chi connectivity index (χ1n) is 6.80. The topological polar surface area (TPSA) is 12.0 Å². The lowest BCUT2D eigenvalue weighted by atomic mass is 9.82. The maximum absolute atomic E-state index is 13.0. The SMILES string of the molecule is CC1CCCC(CNCc2ccc(F)c(Cl)c2)C1. The summed E-state index contributed by atoms with van der Waals surface area (Å²) in [7, 11) is 0. The highest BCUT2D eigenvalue weighted by atomic mass is 35.5. The molecule has 0 aromatic heterocycles. The fourth-order valence-electron chi connectivity index (χ4n) is 2.82. The number of nitrogens with one attached hydrogen (secondary N) is 1. The standard InChI is InChI=1S/C15H21ClFN/c1-11-3-2-4-12(7-11)9-18-10-13-5-6-15(17)14(16)8-13/h5-6,8,11-12,18H,2-4,7,9-10H2,1H3. The van der Waals surface area contributed by atoms with Crippen molar-refractivity contribution in [3.05, 3.63) is 34.6 Å². The van der Waals surface area contributed by atoms with Gasteiger partial charge in [0.15, 0.2) is 0 Å². The Balaban J connectivity index is 1.76. The van der Waals surface area contributed by atoms with Crippen LogP contribution in [-0.4, -0.2) is 6.54 Å². The van der Waals surface area contributed by atoms with Gasteiger partial charge in [0.2, 0.25) is 0 Å². The van der Waals surface area contributed by atoms with E-state index in [-0.39, 0.29) is 10.8 Å². The summed E-state index contributed by atoms with van der Waals surface area (Å²) in [5, 5.41) is 3.67. The quantitative estimate of drug-likeness (QED) is 0.855. The van der Waals surface area contributed by atoms with Crippen molar-refractivity contribution in [3.63, 3.8) is 0 Å². The summed E-state index contributed by atoms with van der Waals surface area (Å²) in [6, 6.07) is 4.92. The highest BCUT2D eigenvalue weighted by molar-refractivity contribution is 6.30. The third-order valence-corrected chi connectivity index (χ3v) is 4.08. The van der Waals surface area contributed by atoms with Gasteiger partial charge in [0.05, 0.1) is 5.02 Å². The Morgan fingerprint density at radius 3 is 2.94 bits per heavy atom. The molecule has 1 aliphatic carbocycles. The van der Waals surface area contributed by atoms with Crippen LogP contribution in [0.25, 0.3) is 0 Å². The molecule has 1 saturated carbocycles. The van der Waals surface area contributed by atoms with Crippen LogP contribution in [0.1, 0.15) is 38.2 Å². The second-order valence-electron chi connectivity index (χ2n) is 5.52. The summed E-state index contributed by atoms with van der Waals surface area (Å²) in [5.74, 6) is 1.32. The average molecular weight is 270 g/mol. The lowest BCUT2D eigenvalue weighted by Gasteiger charge is -2.26. The molecule has 0 radical (unpaired) electrons. The molecule has 0 amide bonds. The van der Waals surface area contributed by atoms with E-state index in [1.54, 1.807) is 12.1 Å². The van der Waals surface area contributed by atoms with Gasteiger partial charge in [0, 0.05) is 6.54 Å². The highest BCUT2D eigenvalue weighted by Gasteiger charge is 2.18. The number of halogens is 2. The molecule has 100 valence electrons. The van der Waals surface area contributed by atoms with Crippen molar-refractivity contribution in [2.75, 3.05) is 6.54 Å². The van der Waals surface area contributed by atoms with Crippen molar-refractivity contribution in [3.8, 4) is 0 Å². The van der Waals surface area contributed by atoms with Gasteiger partial charge in [-0.05, 0) is 48.9 Å². The van der Waals surface area contributed by atoms with Crippen LogP contribution < -0.4 is 5.32 Å². The van der Waals surface area contributed by atoms with E-state index in [1.165, 1.54) is 31.7 Å². The summed E-state index contributed by atoms with van der Waals surface area (Å²) in [5.41, 5.74) is 1.05. The predicted octanol–water partition coefficient (Wildman–Crippen LogP) is 4.40. The fourth-order valence-corrected chi connectivity index (χ4v) is 3.02. The largest absolute Gasteiger partial charge is 0.312 e. The summed E-state index contributed by atoms with van der Waals surface area (Å²) in [6.07, 6.45) is 5.40. The van der Waals surface area contributed by atoms with Gasteiger partial charge in [-0.3, -0.25) is 0 Å². The van der Waals surface area contributed by atoms with Crippen LogP contribution in [0.3, 0.4) is 0 Å². The molecule has 1 fully saturated rings. The number of hydrogen-bond donors (Lipinski definition) is 1. The molecular weight excluding hydrogens is 249 g/mol. The van der Waals surface area contributed by atoms with Gasteiger partial charge >= 0.3 is 0 Å². The smallest absolute Gasteiger partial charge is 0.141 e. The maximum Gasteiger partial charge on any atom is 0.141 e. The van der Waals surface area contributed by atoms with Gasteiger partial charge < -0.3 is 5.32 Å². The molecule has 0 heterocycles. The molecule has 0 bridgehead atoms. The van der Waals surface area contributed by atoms with E-state index in [0.29, 0.717) is 0 Å². The van der Waals surface area contributed by atoms with E-state index in [1.807, 2.05) is 0 Å². The minimum absolute atomic E-state index is 0.209. The van der Waals surface area contributed by atoms with Crippen molar-refractivity contribution in [1.82, 2.24) is 5.32 Å². The van der Waals surface area contributed by atoms with Gasteiger partial charge in [-0.1, -0.05) is 37.4 Å². The minimum atomic E-state index is -0.346. The Labute approximate surface area is 114 Å². The van der Waals surface area contributed by atoms with Crippen molar-refractivity contribution < 1.29 is 4.39 Å². The molecule has 1 aromatic carbocycles. The number of benzene rings is 1. The summed E-state index contributed by atoms with van der Waals surface area (Å²) in [4.78, 5) is 0. The Morgan fingerprint density at radius 1 is 1.39 bits per heavy atom. The average Bonchev–Trinajstić information content (AvgIpc) is 2.34. The van der Waals surface area contributed by atoms with Crippen molar-refractivity contribution in [1.29, 1.82) is 0 Å². The zero-order valence-electron chi connectivity index (χ0n) is 10.9. The van der Waals surface area contributed by atoms with Crippen molar-refractivity contribution in [2.45, 2.75) is 39.2 Å². The van der Waals surface area contributed by atoms with Gasteiger partial charge in [0.25, 0.3) is 0 Å². The lowest BCUT2D eigenvalue weighted by Crippen LogP contribution is -2.26. The molecule has 3 heteroatoms. The Hall–Kier alpha value is -0.600. The van der Waals surface area contributed by atoms with Crippen LogP contribution in [0.4, 0.5) is 4.39 Å². The Morgan fingerprint density at radius 2 is 2.22 bits per heavy atom. The second kappa shape index (κ2) is 6.53. The van der Waals surface area contributed by atoms with E-state index in [4.69, 9.17) is 11.6 Å². The summed E-state index contributed by atoms with van der Waals surface area (Å²) in [6.45, 7) is 4.16. The van der Waals surface area contributed by atoms with Crippen LogP contribution in [0.15, 0.2) is 18.2 Å². The van der Waals surface area contributed by atoms with Gasteiger partial charge in [-0.2, -0.15) is 0 Å². The molecule has 1 nitrogen and oxygen atoms in total. The maximum atomic E-state index is 13.0. The zero-order chi connectivity index (χ0) is 13.0. The third-order valence-electron chi connectivity index (χ3n) is 3.79. The minimum Gasteiger partial charge on any atom is -0.312 e. The molecule has 0 saturated heterocycles. The molecular formula is C15H21ClFN. The first-order valence-corrected chi connectivity index (χ1v) is 7.17. The molecule has 0 aliphatic heterocycles. The molecule has 18 heavy (non-hydrogen) atoms. The monoisotopic (exact) mass is 269 g/mol. The summed E-state index contributed by atoms with van der Waals surface area (Å²) < 4.78 is 13.0. The molecule has 2 atom stereocenters. The van der Waals surface area contributed by atoms with Crippen LogP contribution in [0.2, 0.25) is 5.02 Å². The first-order chi connectivity index (χ1) is 8.65. The molecule has 1 aliphatic rings. The van der Waals surface area contributed by atoms with E-state index < -0.39 is 0 Å². The van der Waals surface area contributed by atoms with Crippen molar-refractivity contribution in [2.24, 2.45) is 11.8 Å². The molecule has 2 rings (SSSR count). The Bertz CT molecular complexity index is 394. The molecule has 0 spiro atoms. The van der Waals surface area contributed by atoms with E-state index in [2.05, 4.69) is 12.2 Å². The van der Waals surface area contributed by atoms with Crippen LogP contribution in [-0.2, 0) is 6.54 Å². The normalized spacial score (nSPS) is 24.2. The first kappa shape index (κ1) is 13.8. The third kappa shape index (κ3) is 3.96. The lowest BCUT2D eigenvalue weighted by molar-refractivity contribution is 0.274. The van der Waals surface area contributed by atoms with E-state index in [0.717, 1.165) is 30.5 Å².